The van der Waals surface area contributed by atoms with E-state index in [0.29, 0.717) is 58.5 Å². The predicted molar refractivity (Wildman–Crippen MR) is 140 cm³/mol. The molecule has 212 valence electrons. The molecule has 0 saturated heterocycles. The summed E-state index contributed by atoms with van der Waals surface area (Å²) < 4.78 is 33.6. The van der Waals surface area contributed by atoms with Crippen LogP contribution in [0.15, 0.2) is 53.2 Å². The lowest BCUT2D eigenvalue weighted by molar-refractivity contribution is -0.858. The van der Waals surface area contributed by atoms with E-state index < -0.39 is 11.9 Å². The first-order valence-electron chi connectivity index (χ1n) is 12.0. The van der Waals surface area contributed by atoms with Gasteiger partial charge >= 0.3 is 5.97 Å². The van der Waals surface area contributed by atoms with E-state index in [-0.39, 0.29) is 18.1 Å². The number of rotatable bonds is 11. The number of hydrogen-bond acceptors (Lipinski definition) is 10. The summed E-state index contributed by atoms with van der Waals surface area (Å²) in [5.41, 5.74) is 1.55. The number of nitrogens with one attached hydrogen (secondary N) is 1. The van der Waals surface area contributed by atoms with Crippen LogP contribution in [-0.4, -0.2) is 71.1 Å². The van der Waals surface area contributed by atoms with Gasteiger partial charge in [0.1, 0.15) is 24.5 Å². The lowest BCUT2D eigenvalue weighted by Gasteiger charge is -2.18. The van der Waals surface area contributed by atoms with E-state index in [2.05, 4.69) is 0 Å². The van der Waals surface area contributed by atoms with Gasteiger partial charge in [0.25, 0.3) is 0 Å². The van der Waals surface area contributed by atoms with Crippen molar-refractivity contribution in [2.24, 2.45) is 0 Å². The lowest BCUT2D eigenvalue weighted by atomic mass is 10.0. The van der Waals surface area contributed by atoms with Gasteiger partial charge in [-0.05, 0) is 35.9 Å². The highest BCUT2D eigenvalue weighted by Crippen LogP contribution is 2.46. The van der Waals surface area contributed by atoms with E-state index in [0.717, 1.165) is 12.1 Å². The monoisotopic (exact) mass is 555 g/mol. The Bertz CT molecular complexity index is 1420. The molecule has 2 aromatic carbocycles. The normalized spacial score (nSPS) is 12.0. The molecule has 1 aliphatic heterocycles. The predicted octanol–water partition coefficient (Wildman–Crippen LogP) is 0.975. The van der Waals surface area contributed by atoms with Crippen LogP contribution in [0.25, 0.3) is 17.0 Å². The highest BCUT2D eigenvalue weighted by atomic mass is 16.7. The first-order valence-corrected chi connectivity index (χ1v) is 12.0. The Hall–Kier alpha value is -4.97. The number of carboxylic acid groups (broad SMARTS) is 2. The van der Waals surface area contributed by atoms with Gasteiger partial charge in [-0.2, -0.15) is 0 Å². The molecule has 3 aromatic rings. The molecule has 1 aliphatic rings. The van der Waals surface area contributed by atoms with Crippen molar-refractivity contribution in [3.8, 4) is 28.7 Å². The smallest absolute Gasteiger partial charge is 0.328 e. The van der Waals surface area contributed by atoms with E-state index in [1.807, 2.05) is 32.3 Å². The molecule has 0 aliphatic carbocycles. The molecule has 0 spiro atoms. The van der Waals surface area contributed by atoms with Crippen molar-refractivity contribution >= 4 is 34.8 Å². The highest BCUT2D eigenvalue weighted by Gasteiger charge is 2.28. The molecule has 0 fully saturated rings. The second-order valence-corrected chi connectivity index (χ2v) is 8.54. The summed E-state index contributed by atoms with van der Waals surface area (Å²) in [6, 6.07) is 7.22. The summed E-state index contributed by atoms with van der Waals surface area (Å²) in [5, 5.41) is 17.9. The van der Waals surface area contributed by atoms with Crippen LogP contribution in [0.2, 0.25) is 0 Å². The Morgan fingerprint density at radius 3 is 2.35 bits per heavy atom. The van der Waals surface area contributed by atoms with Crippen LogP contribution in [0.4, 0.5) is 0 Å². The van der Waals surface area contributed by atoms with Crippen LogP contribution >= 0.6 is 0 Å². The van der Waals surface area contributed by atoms with Gasteiger partial charge in [0.05, 0.1) is 45.9 Å². The van der Waals surface area contributed by atoms with Crippen LogP contribution in [-0.2, 0) is 9.59 Å². The Kier molecular flexibility index (Phi) is 10.1. The fraction of sp³-hybridized carbons (Fsp3) is 0.250. The fourth-order valence-corrected chi connectivity index (χ4v) is 3.65. The second-order valence-electron chi connectivity index (χ2n) is 8.54. The average Bonchev–Trinajstić information content (AvgIpc) is 3.59. The summed E-state index contributed by atoms with van der Waals surface area (Å²) in [6.45, 7) is 1.32. The minimum atomic E-state index is -1.51. The number of carbonyl (C=O) groups excluding carboxylic acids is 2. The Balaban J connectivity index is 0.000000482. The number of carbonyl (C=O) groups is 3. The van der Waals surface area contributed by atoms with Crippen molar-refractivity contribution in [1.29, 1.82) is 0 Å². The zero-order chi connectivity index (χ0) is 29.2. The third-order valence-corrected chi connectivity index (χ3v) is 5.47. The van der Waals surface area contributed by atoms with Crippen LogP contribution in [0.1, 0.15) is 15.9 Å². The molecule has 1 aromatic heterocycles. The van der Waals surface area contributed by atoms with Crippen molar-refractivity contribution in [1.82, 2.24) is 0 Å². The Labute approximate surface area is 229 Å². The SMILES string of the molecule is COc1c(C(=O)/C=C/c2ccc3c(c2)OCO3)c(OCC[NH+](C)C)c(OC)c2occc12.O=C([O-])/C=C\C(=O)O. The van der Waals surface area contributed by atoms with Gasteiger partial charge in [-0.25, -0.2) is 4.79 Å². The molecule has 0 radical (unpaired) electrons. The number of fused-ring (bicyclic) bond motifs is 2. The van der Waals surface area contributed by atoms with Gasteiger partial charge in [0, 0.05) is 6.08 Å². The number of allylic oxidation sites excluding steroid dienone is 1. The van der Waals surface area contributed by atoms with Crippen molar-refractivity contribution in [3.63, 3.8) is 0 Å². The molecule has 12 heteroatoms. The Morgan fingerprint density at radius 1 is 1.00 bits per heavy atom. The van der Waals surface area contributed by atoms with Gasteiger partial charge in [-0.15, -0.1) is 0 Å². The zero-order valence-corrected chi connectivity index (χ0v) is 22.3. The highest BCUT2D eigenvalue weighted by molar-refractivity contribution is 6.15. The summed E-state index contributed by atoms with van der Waals surface area (Å²) in [4.78, 5) is 33.6. The molecule has 2 heterocycles. The Morgan fingerprint density at radius 2 is 1.73 bits per heavy atom. The van der Waals surface area contributed by atoms with Gasteiger partial charge in [-0.3, -0.25) is 4.79 Å². The lowest BCUT2D eigenvalue weighted by Crippen LogP contribution is -3.06. The van der Waals surface area contributed by atoms with Crippen molar-refractivity contribution in [2.45, 2.75) is 0 Å². The van der Waals surface area contributed by atoms with Crippen LogP contribution in [0, 0.1) is 0 Å². The number of quaternary nitrogens is 1. The molecule has 0 bridgehead atoms. The van der Waals surface area contributed by atoms with E-state index in [1.165, 1.54) is 31.5 Å². The molecule has 0 atom stereocenters. The molecule has 0 saturated carbocycles. The number of likely N-dealkylation sites (N-methyl/N-ethyl adjacent to an activating group) is 1. The van der Waals surface area contributed by atoms with Crippen LogP contribution in [0.5, 0.6) is 28.7 Å². The van der Waals surface area contributed by atoms with Crippen LogP contribution in [0.3, 0.4) is 0 Å². The summed E-state index contributed by atoms with van der Waals surface area (Å²) in [7, 11) is 7.08. The number of furan rings is 1. The maximum Gasteiger partial charge on any atom is 0.328 e. The number of methoxy groups -OCH3 is 2. The van der Waals surface area contributed by atoms with E-state index in [4.69, 9.17) is 33.2 Å². The van der Waals surface area contributed by atoms with Crippen LogP contribution < -0.4 is 33.7 Å². The third-order valence-electron chi connectivity index (χ3n) is 5.47. The molecule has 0 amide bonds. The fourth-order valence-electron chi connectivity index (χ4n) is 3.65. The number of hydrogen-bond donors (Lipinski definition) is 2. The number of aliphatic carboxylic acids is 2. The molecule has 12 nitrogen and oxygen atoms in total. The molecule has 0 unspecified atom stereocenters. The van der Waals surface area contributed by atoms with E-state index in [9.17, 15) is 19.5 Å². The first-order chi connectivity index (χ1) is 19.2. The third kappa shape index (κ3) is 7.32. The maximum atomic E-state index is 13.4. The first kappa shape index (κ1) is 29.6. The number of carboxylic acids is 2. The zero-order valence-electron chi connectivity index (χ0n) is 22.3. The summed E-state index contributed by atoms with van der Waals surface area (Å²) in [6.07, 6.45) is 5.66. The molecule has 2 N–H and O–H groups in total. The average molecular weight is 556 g/mol. The van der Waals surface area contributed by atoms with Crippen molar-refractivity contribution in [3.05, 3.63) is 59.9 Å². The number of ether oxygens (including phenoxy) is 5. The van der Waals surface area contributed by atoms with Gasteiger partial charge < -0.3 is 48.0 Å². The largest absolute Gasteiger partial charge is 0.545 e. The summed E-state index contributed by atoms with van der Waals surface area (Å²) in [5.74, 6) is -0.720. The maximum absolute atomic E-state index is 13.4. The van der Waals surface area contributed by atoms with E-state index in [1.54, 1.807) is 12.1 Å². The number of ketones is 1. The molecular weight excluding hydrogens is 526 g/mol. The quantitative estimate of drug-likeness (QED) is 0.257. The second kappa shape index (κ2) is 13.7. The molecule has 40 heavy (non-hydrogen) atoms. The van der Waals surface area contributed by atoms with Crippen molar-refractivity contribution < 1.29 is 57.6 Å². The minimum Gasteiger partial charge on any atom is -0.545 e. The molecule has 4 rings (SSSR count). The van der Waals surface area contributed by atoms with Crippen molar-refractivity contribution in [2.75, 3.05) is 48.3 Å². The molecular formula is C28H29NO11. The standard InChI is InChI=1S/C24H25NO7.C4H4O4/c1-25(2)10-12-30-23-20(21(27-3)16-9-11-29-22(16)24(23)28-4)17(26)7-5-15-6-8-18-19(13-15)32-14-31-18;5-3(6)1-2-4(7)8/h5-9,11,13H,10,12,14H2,1-4H3;1-2H,(H,5,6)(H,7,8)/b7-5+;2-1-. The van der Waals surface area contributed by atoms with Gasteiger partial charge in [-0.1, -0.05) is 12.1 Å². The topological polar surface area (TPSA) is 158 Å². The van der Waals surface area contributed by atoms with Gasteiger partial charge in [0.2, 0.25) is 12.5 Å². The number of benzene rings is 2. The van der Waals surface area contributed by atoms with E-state index >= 15 is 0 Å². The summed E-state index contributed by atoms with van der Waals surface area (Å²) >= 11 is 0. The van der Waals surface area contributed by atoms with Gasteiger partial charge in [0.15, 0.2) is 28.6 Å². The minimum absolute atomic E-state index is 0.193.